The molecule has 0 aromatic rings. The second-order valence-electron chi connectivity index (χ2n) is 3.52. The zero-order valence-electron chi connectivity index (χ0n) is 6.40. The van der Waals surface area contributed by atoms with E-state index in [0.29, 0.717) is 0 Å². The lowest BCUT2D eigenvalue weighted by molar-refractivity contribution is -0.147. The standard InChI is InChI=1S/C7H11BrO2/c1-6(2)4-7(3,8)5(9)10-6/h4H2,1-3H3. The van der Waals surface area contributed by atoms with E-state index in [4.69, 9.17) is 4.74 Å². The number of esters is 1. The van der Waals surface area contributed by atoms with Crippen molar-refractivity contribution in [3.63, 3.8) is 0 Å². The number of cyclic esters (lactones) is 1. The zero-order valence-corrected chi connectivity index (χ0v) is 7.99. The Labute approximate surface area is 69.1 Å². The number of halogens is 1. The molecule has 0 bridgehead atoms. The molecule has 0 radical (unpaired) electrons. The minimum absolute atomic E-state index is 0.155. The molecule has 0 aromatic carbocycles. The fraction of sp³-hybridized carbons (Fsp3) is 0.857. The van der Waals surface area contributed by atoms with Crippen LogP contribution in [0.5, 0.6) is 0 Å². The summed E-state index contributed by atoms with van der Waals surface area (Å²) in [7, 11) is 0. The van der Waals surface area contributed by atoms with Gasteiger partial charge in [-0.15, -0.1) is 0 Å². The molecule has 10 heavy (non-hydrogen) atoms. The summed E-state index contributed by atoms with van der Waals surface area (Å²) in [5.74, 6) is -0.155. The Morgan fingerprint density at radius 1 is 1.50 bits per heavy atom. The van der Waals surface area contributed by atoms with Gasteiger partial charge in [-0.1, -0.05) is 15.9 Å². The maximum Gasteiger partial charge on any atom is 0.323 e. The molecular formula is C7H11BrO2. The van der Waals surface area contributed by atoms with Crippen LogP contribution in [0.3, 0.4) is 0 Å². The molecule has 1 atom stereocenters. The number of hydrogen-bond acceptors (Lipinski definition) is 2. The molecule has 0 amide bonds. The summed E-state index contributed by atoms with van der Waals surface area (Å²) >= 11 is 3.31. The van der Waals surface area contributed by atoms with Crippen LogP contribution in [0.25, 0.3) is 0 Å². The van der Waals surface area contributed by atoms with E-state index in [9.17, 15) is 4.79 Å². The van der Waals surface area contributed by atoms with Gasteiger partial charge in [-0.3, -0.25) is 4.79 Å². The maximum atomic E-state index is 11.0. The average molecular weight is 207 g/mol. The highest BCUT2D eigenvalue weighted by Crippen LogP contribution is 2.39. The highest BCUT2D eigenvalue weighted by molar-refractivity contribution is 9.10. The molecule has 1 saturated heterocycles. The molecule has 1 rings (SSSR count). The summed E-state index contributed by atoms with van der Waals surface area (Å²) in [4.78, 5) is 11.0. The molecule has 0 saturated carbocycles. The van der Waals surface area contributed by atoms with Crippen LogP contribution in [0, 0.1) is 0 Å². The minimum atomic E-state index is -0.462. The van der Waals surface area contributed by atoms with Crippen LogP contribution >= 0.6 is 15.9 Å². The predicted octanol–water partition coefficient (Wildman–Crippen LogP) is 1.87. The third-order valence-corrected chi connectivity index (χ3v) is 2.16. The van der Waals surface area contributed by atoms with Crippen molar-refractivity contribution in [2.24, 2.45) is 0 Å². The number of carbonyl (C=O) groups excluding carboxylic acids is 1. The van der Waals surface area contributed by atoms with Crippen LogP contribution in [0.4, 0.5) is 0 Å². The van der Waals surface area contributed by atoms with Gasteiger partial charge in [0.2, 0.25) is 0 Å². The van der Waals surface area contributed by atoms with Gasteiger partial charge in [0.25, 0.3) is 0 Å². The first-order valence-electron chi connectivity index (χ1n) is 3.26. The van der Waals surface area contributed by atoms with Crippen LogP contribution in [-0.4, -0.2) is 15.9 Å². The van der Waals surface area contributed by atoms with Crippen LogP contribution in [-0.2, 0) is 9.53 Å². The molecule has 1 unspecified atom stereocenters. The average Bonchev–Trinajstić information content (AvgIpc) is 1.73. The fourth-order valence-corrected chi connectivity index (χ4v) is 2.02. The number of ether oxygens (including phenoxy) is 1. The monoisotopic (exact) mass is 206 g/mol. The van der Waals surface area contributed by atoms with E-state index >= 15 is 0 Å². The van der Waals surface area contributed by atoms with Crippen molar-refractivity contribution in [3.05, 3.63) is 0 Å². The van der Waals surface area contributed by atoms with Crippen molar-refractivity contribution in [1.82, 2.24) is 0 Å². The molecule has 0 spiro atoms. The van der Waals surface area contributed by atoms with Gasteiger partial charge in [0.1, 0.15) is 9.93 Å². The van der Waals surface area contributed by atoms with Crippen LogP contribution in [0.1, 0.15) is 27.2 Å². The topological polar surface area (TPSA) is 26.3 Å². The van der Waals surface area contributed by atoms with E-state index in [1.165, 1.54) is 0 Å². The smallest absolute Gasteiger partial charge is 0.323 e. The van der Waals surface area contributed by atoms with Gasteiger partial charge >= 0.3 is 5.97 Å². The lowest BCUT2D eigenvalue weighted by atomic mass is 9.99. The van der Waals surface area contributed by atoms with E-state index in [0.717, 1.165) is 6.42 Å². The number of hydrogen-bond donors (Lipinski definition) is 0. The zero-order chi connectivity index (χ0) is 7.99. The number of alkyl halides is 1. The molecule has 1 heterocycles. The van der Waals surface area contributed by atoms with Gasteiger partial charge < -0.3 is 4.74 Å². The van der Waals surface area contributed by atoms with E-state index < -0.39 is 4.32 Å². The summed E-state index contributed by atoms with van der Waals surface area (Å²) < 4.78 is 4.62. The van der Waals surface area contributed by atoms with Crippen molar-refractivity contribution in [1.29, 1.82) is 0 Å². The predicted molar refractivity (Wildman–Crippen MR) is 42.1 cm³/mol. The maximum absolute atomic E-state index is 11.0. The van der Waals surface area contributed by atoms with Gasteiger partial charge in [0, 0.05) is 6.42 Å². The van der Waals surface area contributed by atoms with Gasteiger partial charge in [-0.2, -0.15) is 0 Å². The first-order valence-corrected chi connectivity index (χ1v) is 4.05. The highest BCUT2D eigenvalue weighted by atomic mass is 79.9. The normalized spacial score (nSPS) is 37.8. The Morgan fingerprint density at radius 3 is 2.10 bits per heavy atom. The highest BCUT2D eigenvalue weighted by Gasteiger charge is 2.47. The molecule has 2 nitrogen and oxygen atoms in total. The Balaban J connectivity index is 2.81. The number of carbonyl (C=O) groups is 1. The lowest BCUT2D eigenvalue weighted by Gasteiger charge is -2.15. The Bertz CT molecular complexity index is 172. The minimum Gasteiger partial charge on any atom is -0.459 e. The van der Waals surface area contributed by atoms with Crippen molar-refractivity contribution < 1.29 is 9.53 Å². The lowest BCUT2D eigenvalue weighted by Crippen LogP contribution is -2.21. The molecule has 3 heteroatoms. The van der Waals surface area contributed by atoms with Gasteiger partial charge in [0.05, 0.1) is 0 Å². The molecule has 1 aliphatic rings. The number of rotatable bonds is 0. The molecular weight excluding hydrogens is 196 g/mol. The Morgan fingerprint density at radius 2 is 2.00 bits per heavy atom. The van der Waals surface area contributed by atoms with Crippen LogP contribution < -0.4 is 0 Å². The first-order chi connectivity index (χ1) is 4.33. The van der Waals surface area contributed by atoms with E-state index in [1.807, 2.05) is 20.8 Å². The van der Waals surface area contributed by atoms with E-state index in [2.05, 4.69) is 15.9 Å². The van der Waals surface area contributed by atoms with Crippen molar-refractivity contribution in [2.45, 2.75) is 37.1 Å². The molecule has 0 aromatic heterocycles. The van der Waals surface area contributed by atoms with Crippen molar-refractivity contribution in [3.8, 4) is 0 Å². The Hall–Kier alpha value is -0.0500. The second-order valence-corrected chi connectivity index (χ2v) is 5.27. The summed E-state index contributed by atoms with van der Waals surface area (Å²) in [5.41, 5.74) is -0.296. The van der Waals surface area contributed by atoms with E-state index in [1.54, 1.807) is 0 Å². The fourth-order valence-electron chi connectivity index (χ4n) is 1.27. The van der Waals surface area contributed by atoms with Crippen molar-refractivity contribution >= 4 is 21.9 Å². The van der Waals surface area contributed by atoms with Gasteiger partial charge in [-0.05, 0) is 20.8 Å². The molecule has 0 aliphatic carbocycles. The molecule has 1 fully saturated rings. The van der Waals surface area contributed by atoms with Crippen LogP contribution in [0.2, 0.25) is 0 Å². The molecule has 1 aliphatic heterocycles. The molecule has 58 valence electrons. The second kappa shape index (κ2) is 1.97. The summed E-state index contributed by atoms with van der Waals surface area (Å²) in [6.45, 7) is 5.67. The molecule has 0 N–H and O–H groups in total. The third-order valence-electron chi connectivity index (χ3n) is 1.55. The van der Waals surface area contributed by atoms with Gasteiger partial charge in [0.15, 0.2) is 0 Å². The Kier molecular flexibility index (Phi) is 1.59. The summed E-state index contributed by atoms with van der Waals surface area (Å²) in [6.07, 6.45) is 0.735. The third kappa shape index (κ3) is 1.34. The largest absolute Gasteiger partial charge is 0.459 e. The van der Waals surface area contributed by atoms with Crippen molar-refractivity contribution in [2.75, 3.05) is 0 Å². The summed E-state index contributed by atoms with van der Waals surface area (Å²) in [5, 5.41) is 0. The van der Waals surface area contributed by atoms with Gasteiger partial charge in [-0.25, -0.2) is 0 Å². The summed E-state index contributed by atoms with van der Waals surface area (Å²) in [6, 6.07) is 0. The SMILES string of the molecule is CC1(C)CC(C)(Br)C(=O)O1. The van der Waals surface area contributed by atoms with E-state index in [-0.39, 0.29) is 11.6 Å². The quantitative estimate of drug-likeness (QED) is 0.447. The first kappa shape index (κ1) is 8.05. The van der Waals surface area contributed by atoms with Crippen LogP contribution in [0.15, 0.2) is 0 Å².